The second-order valence-electron chi connectivity index (χ2n) is 15.8. The van der Waals surface area contributed by atoms with Gasteiger partial charge >= 0.3 is 11.9 Å². The summed E-state index contributed by atoms with van der Waals surface area (Å²) in [5, 5.41) is 32.5. The van der Waals surface area contributed by atoms with Crippen LogP contribution in [0, 0.1) is 17.3 Å². The number of carboxylic acid groups (broad SMARTS) is 2. The molecule has 0 aromatic heterocycles. The topological polar surface area (TPSA) is 165 Å². The Morgan fingerprint density at radius 3 is 1.92 bits per heavy atom. The molecule has 0 bridgehead atoms. The number of carbonyl (C=O) groups excluding carboxylic acids is 1. The van der Waals surface area contributed by atoms with E-state index in [9.17, 15) is 14.4 Å². The molecule has 1 heterocycles. The van der Waals surface area contributed by atoms with Crippen LogP contribution in [-0.4, -0.2) is 82.6 Å². The van der Waals surface area contributed by atoms with Crippen molar-refractivity contribution >= 4 is 41.0 Å². The number of nitrogens with two attached hydrogens (primary N) is 1. The van der Waals surface area contributed by atoms with Crippen molar-refractivity contribution in [2.75, 3.05) is 32.1 Å². The minimum Gasteiger partial charge on any atom is -0.479 e. The van der Waals surface area contributed by atoms with Crippen molar-refractivity contribution in [3.05, 3.63) is 83.4 Å². The van der Waals surface area contributed by atoms with Crippen LogP contribution in [0.5, 0.6) is 0 Å². The van der Waals surface area contributed by atoms with E-state index in [-0.39, 0.29) is 16.7 Å². The first-order chi connectivity index (χ1) is 24.9. The summed E-state index contributed by atoms with van der Waals surface area (Å²) in [4.78, 5) is 39.2. The number of aryl methyl sites for hydroxylation is 1. The number of carbonyl (C=O) groups is 3. The first-order valence-corrected chi connectivity index (χ1v) is 19.3. The molecule has 3 aliphatic rings. The van der Waals surface area contributed by atoms with Gasteiger partial charge in [-0.2, -0.15) is 0 Å². The van der Waals surface area contributed by atoms with Gasteiger partial charge in [0.1, 0.15) is 0 Å². The minimum atomic E-state index is -2.27. The highest BCUT2D eigenvalue weighted by molar-refractivity contribution is 7.99. The maximum atomic E-state index is 12.2. The van der Waals surface area contributed by atoms with Crippen LogP contribution in [0.4, 0.5) is 11.4 Å². The van der Waals surface area contributed by atoms with Crippen LogP contribution in [0.1, 0.15) is 82.9 Å². The first-order valence-electron chi connectivity index (χ1n) is 18.4. The Kier molecular flexibility index (Phi) is 13.8. The van der Waals surface area contributed by atoms with Crippen LogP contribution < -0.4 is 10.6 Å². The fourth-order valence-electron chi connectivity index (χ4n) is 8.41. The van der Waals surface area contributed by atoms with E-state index in [1.165, 1.54) is 44.3 Å². The fraction of sp³-hybridized carbons (Fsp3) is 0.500. The molecule has 288 valence electrons. The summed E-state index contributed by atoms with van der Waals surface area (Å²) < 4.78 is 0. The van der Waals surface area contributed by atoms with Crippen molar-refractivity contribution in [3.63, 3.8) is 0 Å². The van der Waals surface area contributed by atoms with Crippen LogP contribution in [0.3, 0.4) is 0 Å². The van der Waals surface area contributed by atoms with E-state index in [0.717, 1.165) is 38.8 Å². The third-order valence-corrected chi connectivity index (χ3v) is 12.2. The zero-order valence-corrected chi connectivity index (χ0v) is 32.9. The molecule has 3 aromatic carbocycles. The van der Waals surface area contributed by atoms with Gasteiger partial charge in [0.15, 0.2) is 12.2 Å². The van der Waals surface area contributed by atoms with Crippen molar-refractivity contribution in [1.82, 2.24) is 4.90 Å². The lowest BCUT2D eigenvalue weighted by Gasteiger charge is -2.54. The van der Waals surface area contributed by atoms with Crippen LogP contribution >= 0.6 is 11.8 Å². The second-order valence-corrected chi connectivity index (χ2v) is 16.9. The summed E-state index contributed by atoms with van der Waals surface area (Å²) in [6.07, 6.45) is 0.854. The average Bonchev–Trinajstić information content (AvgIpc) is 3.10. The van der Waals surface area contributed by atoms with Crippen LogP contribution in [0.15, 0.2) is 76.5 Å². The molecule has 6 rings (SSSR count). The predicted molar refractivity (Wildman–Crippen MR) is 210 cm³/mol. The summed E-state index contributed by atoms with van der Waals surface area (Å²) in [6, 6.07) is 24.5. The number of aliphatic hydroxyl groups is 2. The van der Waals surface area contributed by atoms with E-state index in [1.807, 2.05) is 11.8 Å². The Bertz CT molecular complexity index is 1700. The van der Waals surface area contributed by atoms with Gasteiger partial charge in [-0.25, -0.2) is 9.59 Å². The molecule has 1 saturated carbocycles. The molecule has 1 amide bonds. The minimum absolute atomic E-state index is 0.102. The third-order valence-electron chi connectivity index (χ3n) is 11.1. The molecule has 6 N–H and O–H groups in total. The van der Waals surface area contributed by atoms with Crippen LogP contribution in [0.2, 0.25) is 0 Å². The highest BCUT2D eigenvalue weighted by Crippen LogP contribution is 2.57. The second kappa shape index (κ2) is 17.5. The highest BCUT2D eigenvalue weighted by Gasteiger charge is 2.54. The number of primary amides is 1. The van der Waals surface area contributed by atoms with Crippen molar-refractivity contribution in [2.45, 2.75) is 100 Å². The maximum absolute atomic E-state index is 12.2. The molecule has 1 aliphatic heterocycles. The zero-order chi connectivity index (χ0) is 39.2. The van der Waals surface area contributed by atoms with Crippen LogP contribution in [0.25, 0.3) is 0 Å². The Labute approximate surface area is 318 Å². The summed E-state index contributed by atoms with van der Waals surface area (Å²) in [5.41, 5.74) is 12.6. The number of carboxylic acids is 2. The van der Waals surface area contributed by atoms with Crippen molar-refractivity contribution in [1.29, 1.82) is 0 Å². The van der Waals surface area contributed by atoms with E-state index in [1.54, 1.807) is 0 Å². The number of benzene rings is 3. The number of aliphatic hydroxyl groups excluding tert-OH is 2. The lowest BCUT2D eigenvalue weighted by Crippen LogP contribution is -2.54. The van der Waals surface area contributed by atoms with Crippen LogP contribution in [-0.2, 0) is 26.2 Å². The molecule has 53 heavy (non-hydrogen) atoms. The van der Waals surface area contributed by atoms with Gasteiger partial charge in [0.2, 0.25) is 5.91 Å². The Hall–Kier alpha value is -3.90. The number of fused-ring (bicyclic) bond motifs is 5. The quantitative estimate of drug-likeness (QED) is 0.160. The van der Waals surface area contributed by atoms with Gasteiger partial charge in [-0.05, 0) is 104 Å². The van der Waals surface area contributed by atoms with E-state index in [4.69, 9.17) is 26.2 Å². The smallest absolute Gasteiger partial charge is 0.335 e. The number of anilines is 2. The SMILES string of the molecule is CC(C)c1ccc2c(c1)CCC1C(C)(C(N)=O)CCCC21C.CC(CN(C)C)CN1c2ccccc2Sc2ccccc21.O=C(O)C(O)C(O)C(=O)O. The standard InChI is InChI=1S/C20H29NO.C18H22N2S.C4H6O6/c1-13(2)14-6-8-16-15(12-14)7-9-17-19(16,3)10-5-11-20(17,4)18(21)22;1-14(12-19(2)3)13-20-15-8-4-6-10-17(15)21-18-11-7-5-9-16(18)20;5-1(3(7)8)2(6)4(9)10/h6,8,12-13,17H,5,7,9-11H2,1-4H3,(H2,21,22);4-11,14H,12-13H2,1-3H3;1-2,5-6H,(H,7,8)(H,9,10). The van der Waals surface area contributed by atoms with E-state index in [2.05, 4.69) is 125 Å². The molecule has 10 nitrogen and oxygen atoms in total. The summed E-state index contributed by atoms with van der Waals surface area (Å²) in [5.74, 6) is -2.08. The van der Waals surface area contributed by atoms with Crippen molar-refractivity contribution in [2.24, 2.45) is 23.0 Å². The molecule has 2 aliphatic carbocycles. The first kappa shape index (κ1) is 41.9. The van der Waals surface area contributed by atoms with Gasteiger partial charge in [0.05, 0.1) is 11.4 Å². The lowest BCUT2D eigenvalue weighted by molar-refractivity contribution is -0.165. The normalized spacial score (nSPS) is 23.0. The van der Waals surface area contributed by atoms with Gasteiger partial charge in [-0.3, -0.25) is 4.79 Å². The molecular weight excluding hydrogens is 691 g/mol. The molecule has 11 heteroatoms. The zero-order valence-electron chi connectivity index (χ0n) is 32.1. The molecule has 6 atom stereocenters. The number of aliphatic carboxylic acids is 2. The Balaban J connectivity index is 0.000000191. The summed E-state index contributed by atoms with van der Waals surface area (Å²) in [7, 11) is 4.29. The molecule has 3 aromatic rings. The largest absolute Gasteiger partial charge is 0.479 e. The lowest BCUT2D eigenvalue weighted by atomic mass is 9.49. The molecule has 6 unspecified atom stereocenters. The molecule has 0 saturated heterocycles. The number of amides is 1. The van der Waals surface area contributed by atoms with E-state index >= 15 is 0 Å². The molecule has 0 spiro atoms. The summed E-state index contributed by atoms with van der Waals surface area (Å²) in [6.45, 7) is 13.4. The van der Waals surface area contributed by atoms with Crippen molar-refractivity contribution < 1.29 is 34.8 Å². The van der Waals surface area contributed by atoms with Gasteiger partial charge in [0, 0.05) is 28.3 Å². The number of hydrogen-bond acceptors (Lipinski definition) is 8. The van der Waals surface area contributed by atoms with E-state index < -0.39 is 24.1 Å². The van der Waals surface area contributed by atoms with Gasteiger partial charge < -0.3 is 36.0 Å². The van der Waals surface area contributed by atoms with Gasteiger partial charge in [-0.15, -0.1) is 0 Å². The number of hydrogen-bond donors (Lipinski definition) is 5. The van der Waals surface area contributed by atoms with E-state index in [0.29, 0.717) is 17.8 Å². The maximum Gasteiger partial charge on any atom is 0.335 e. The number of para-hydroxylation sites is 2. The predicted octanol–water partition coefficient (Wildman–Crippen LogP) is 6.67. The average molecular weight is 748 g/mol. The third kappa shape index (κ3) is 9.43. The van der Waals surface area contributed by atoms with Gasteiger partial charge in [-0.1, -0.05) is 95.3 Å². The number of nitrogens with zero attached hydrogens (tertiary/aromatic N) is 2. The number of rotatable bonds is 9. The molecule has 1 fully saturated rings. The summed E-state index contributed by atoms with van der Waals surface area (Å²) >= 11 is 1.88. The molecule has 0 radical (unpaired) electrons. The molecular formula is C42H57N3O7S. The fourth-order valence-corrected chi connectivity index (χ4v) is 9.50. The Morgan fingerprint density at radius 2 is 1.43 bits per heavy atom. The Morgan fingerprint density at radius 1 is 0.887 bits per heavy atom. The monoisotopic (exact) mass is 747 g/mol. The van der Waals surface area contributed by atoms with Gasteiger partial charge in [0.25, 0.3) is 0 Å². The highest BCUT2D eigenvalue weighted by atomic mass is 32.2. The van der Waals surface area contributed by atoms with Crippen molar-refractivity contribution in [3.8, 4) is 0 Å².